The van der Waals surface area contributed by atoms with Crippen LogP contribution in [0.4, 0.5) is 0 Å². The molecule has 0 aliphatic heterocycles. The van der Waals surface area contributed by atoms with Crippen LogP contribution < -0.4 is 0 Å². The van der Waals surface area contributed by atoms with Crippen LogP contribution in [0.25, 0.3) is 82.3 Å². The van der Waals surface area contributed by atoms with Crippen molar-refractivity contribution >= 4 is 54.4 Å². The Kier molecular flexibility index (Phi) is 5.41. The number of hydrogen-bond acceptors (Lipinski definition) is 2. The second-order valence-electron chi connectivity index (χ2n) is 11.5. The third-order valence-electron chi connectivity index (χ3n) is 8.86. The highest BCUT2D eigenvalue weighted by Crippen LogP contribution is 2.38. The maximum absolute atomic E-state index is 4.91. The standard InChI is InChI=1S/C41H27N3/c1-26-25-42-40-34-16-6-5-14-32(34)36-23-29(18-20-35(36)41(40)43-26)27-10-9-11-28(22-27)30-19-21-39-37(24-30)33-15-7-8-17-38(33)44(39)31-12-3-2-4-13-31/h2-25H,1H3. The van der Waals surface area contributed by atoms with Gasteiger partial charge in [0.1, 0.15) is 0 Å². The highest BCUT2D eigenvalue weighted by molar-refractivity contribution is 6.23. The molecule has 0 fully saturated rings. The Labute approximate surface area is 254 Å². The van der Waals surface area contributed by atoms with Gasteiger partial charge >= 0.3 is 0 Å². The first kappa shape index (κ1) is 24.8. The third-order valence-corrected chi connectivity index (χ3v) is 8.86. The van der Waals surface area contributed by atoms with Gasteiger partial charge in [-0.05, 0) is 82.4 Å². The molecule has 44 heavy (non-hydrogen) atoms. The SMILES string of the molecule is Cc1cnc2c3ccccc3c3cc(-c4cccc(-c5ccc6c(c5)c5ccccc5n6-c5ccccc5)c4)ccc3c2n1. The van der Waals surface area contributed by atoms with Gasteiger partial charge in [-0.2, -0.15) is 0 Å². The van der Waals surface area contributed by atoms with Gasteiger partial charge in [0, 0.05) is 33.4 Å². The van der Waals surface area contributed by atoms with Crippen LogP contribution in [0, 0.1) is 6.92 Å². The molecule has 0 radical (unpaired) electrons. The number of hydrogen-bond donors (Lipinski definition) is 0. The number of fused-ring (bicyclic) bond motifs is 9. The van der Waals surface area contributed by atoms with E-state index in [0.717, 1.165) is 27.5 Å². The van der Waals surface area contributed by atoms with E-state index in [-0.39, 0.29) is 0 Å². The molecule has 0 bridgehead atoms. The smallest absolute Gasteiger partial charge is 0.0974 e. The lowest BCUT2D eigenvalue weighted by Gasteiger charge is -2.12. The van der Waals surface area contributed by atoms with E-state index in [1.807, 2.05) is 13.1 Å². The van der Waals surface area contributed by atoms with Gasteiger partial charge in [-0.1, -0.05) is 97.1 Å². The summed E-state index contributed by atoms with van der Waals surface area (Å²) in [6.45, 7) is 2.00. The van der Waals surface area contributed by atoms with Crippen molar-refractivity contribution in [2.75, 3.05) is 0 Å². The molecule has 206 valence electrons. The zero-order valence-electron chi connectivity index (χ0n) is 24.2. The molecule has 0 aliphatic rings. The van der Waals surface area contributed by atoms with E-state index in [1.54, 1.807) is 0 Å². The first-order chi connectivity index (χ1) is 21.7. The van der Waals surface area contributed by atoms with E-state index in [4.69, 9.17) is 9.97 Å². The van der Waals surface area contributed by atoms with E-state index < -0.39 is 0 Å². The quantitative estimate of drug-likeness (QED) is 0.201. The Bertz CT molecular complexity index is 2560. The minimum Gasteiger partial charge on any atom is -0.309 e. The minimum absolute atomic E-state index is 0.926. The van der Waals surface area contributed by atoms with Gasteiger partial charge in [0.2, 0.25) is 0 Å². The van der Waals surface area contributed by atoms with Crippen LogP contribution in [0.1, 0.15) is 5.69 Å². The maximum Gasteiger partial charge on any atom is 0.0974 e. The second-order valence-corrected chi connectivity index (χ2v) is 11.5. The Morgan fingerprint density at radius 1 is 0.432 bits per heavy atom. The van der Waals surface area contributed by atoms with Crippen LogP contribution in [0.5, 0.6) is 0 Å². The van der Waals surface area contributed by atoms with E-state index in [0.29, 0.717) is 0 Å². The summed E-state index contributed by atoms with van der Waals surface area (Å²) < 4.78 is 2.36. The lowest BCUT2D eigenvalue weighted by atomic mass is 9.94. The molecule has 0 unspecified atom stereocenters. The predicted molar refractivity (Wildman–Crippen MR) is 184 cm³/mol. The summed E-state index contributed by atoms with van der Waals surface area (Å²) in [5.74, 6) is 0. The number of rotatable bonds is 3. The number of aromatic nitrogens is 3. The molecule has 0 saturated carbocycles. The molecule has 9 aromatic rings. The Morgan fingerprint density at radius 3 is 1.86 bits per heavy atom. The Morgan fingerprint density at radius 2 is 1.05 bits per heavy atom. The summed E-state index contributed by atoms with van der Waals surface area (Å²) in [5, 5.41) is 7.19. The van der Waals surface area contributed by atoms with E-state index in [9.17, 15) is 0 Å². The summed E-state index contributed by atoms with van der Waals surface area (Å²) in [7, 11) is 0. The van der Waals surface area contributed by atoms with Crippen molar-refractivity contribution in [3.8, 4) is 27.9 Å². The van der Waals surface area contributed by atoms with Gasteiger partial charge in [0.25, 0.3) is 0 Å². The first-order valence-electron chi connectivity index (χ1n) is 15.0. The monoisotopic (exact) mass is 561 g/mol. The summed E-state index contributed by atoms with van der Waals surface area (Å²) in [4.78, 5) is 9.69. The number of aryl methyl sites for hydroxylation is 1. The lowest BCUT2D eigenvalue weighted by molar-refractivity contribution is 1.18. The molecule has 7 aromatic carbocycles. The van der Waals surface area contributed by atoms with Crippen molar-refractivity contribution in [1.29, 1.82) is 0 Å². The normalized spacial score (nSPS) is 11.8. The zero-order valence-corrected chi connectivity index (χ0v) is 24.2. The molecule has 9 rings (SSSR count). The second kappa shape index (κ2) is 9.62. The van der Waals surface area contributed by atoms with Crippen molar-refractivity contribution in [2.24, 2.45) is 0 Å². The molecular formula is C41H27N3. The van der Waals surface area contributed by atoms with E-state index >= 15 is 0 Å². The Balaban J connectivity index is 1.21. The van der Waals surface area contributed by atoms with Gasteiger partial charge in [-0.15, -0.1) is 0 Å². The molecule has 3 heteroatoms. The third kappa shape index (κ3) is 3.76. The maximum atomic E-state index is 4.91. The molecular weight excluding hydrogens is 534 g/mol. The van der Waals surface area contributed by atoms with Gasteiger partial charge < -0.3 is 4.57 Å². The van der Waals surface area contributed by atoms with E-state index in [2.05, 4.69) is 144 Å². The van der Waals surface area contributed by atoms with Gasteiger partial charge in [0.15, 0.2) is 0 Å². The minimum atomic E-state index is 0.926. The molecule has 0 amide bonds. The topological polar surface area (TPSA) is 30.7 Å². The van der Waals surface area contributed by atoms with Crippen LogP contribution in [0.2, 0.25) is 0 Å². The highest BCUT2D eigenvalue weighted by Gasteiger charge is 2.15. The van der Waals surface area contributed by atoms with Crippen LogP contribution in [0.3, 0.4) is 0 Å². The molecule has 0 spiro atoms. The van der Waals surface area contributed by atoms with Gasteiger partial charge in [-0.3, -0.25) is 4.98 Å². The average molecular weight is 562 g/mol. The molecule has 0 atom stereocenters. The van der Waals surface area contributed by atoms with Gasteiger partial charge in [-0.25, -0.2) is 4.98 Å². The molecule has 3 nitrogen and oxygen atoms in total. The zero-order chi connectivity index (χ0) is 29.2. The van der Waals surface area contributed by atoms with Crippen molar-refractivity contribution in [3.63, 3.8) is 0 Å². The first-order valence-corrected chi connectivity index (χ1v) is 15.0. The van der Waals surface area contributed by atoms with Crippen molar-refractivity contribution in [1.82, 2.24) is 14.5 Å². The summed E-state index contributed by atoms with van der Waals surface area (Å²) >= 11 is 0. The highest BCUT2D eigenvalue weighted by atomic mass is 15.0. The largest absolute Gasteiger partial charge is 0.309 e. The molecule has 0 aliphatic carbocycles. The van der Waals surface area contributed by atoms with Crippen LogP contribution in [-0.4, -0.2) is 14.5 Å². The van der Waals surface area contributed by atoms with Crippen LogP contribution in [0.15, 0.2) is 146 Å². The predicted octanol–water partition coefficient (Wildman–Crippen LogP) is 10.7. The summed E-state index contributed by atoms with van der Waals surface area (Å²) in [6.07, 6.45) is 1.86. The van der Waals surface area contributed by atoms with E-state index in [1.165, 1.54) is 60.5 Å². The molecule has 0 saturated heterocycles. The lowest BCUT2D eigenvalue weighted by Crippen LogP contribution is -1.92. The number of para-hydroxylation sites is 2. The van der Waals surface area contributed by atoms with Crippen LogP contribution in [-0.2, 0) is 0 Å². The average Bonchev–Trinajstić information content (AvgIpc) is 3.42. The fourth-order valence-corrected chi connectivity index (χ4v) is 6.83. The van der Waals surface area contributed by atoms with Crippen molar-refractivity contribution in [3.05, 3.63) is 151 Å². The van der Waals surface area contributed by atoms with Crippen LogP contribution >= 0.6 is 0 Å². The summed E-state index contributed by atoms with van der Waals surface area (Å²) in [5.41, 5.74) is 11.2. The molecule has 2 aromatic heterocycles. The fourth-order valence-electron chi connectivity index (χ4n) is 6.83. The van der Waals surface area contributed by atoms with Crippen molar-refractivity contribution in [2.45, 2.75) is 6.92 Å². The number of benzene rings is 7. The molecule has 2 heterocycles. The fraction of sp³-hybridized carbons (Fsp3) is 0.0244. The summed E-state index contributed by atoms with van der Waals surface area (Å²) in [6, 6.07) is 50.3. The number of nitrogens with zero attached hydrogens (tertiary/aromatic N) is 3. The Hall–Kier alpha value is -5.80. The van der Waals surface area contributed by atoms with Crippen molar-refractivity contribution < 1.29 is 0 Å². The van der Waals surface area contributed by atoms with Gasteiger partial charge in [0.05, 0.1) is 27.8 Å². The molecule has 0 N–H and O–H groups in total.